The van der Waals surface area contributed by atoms with E-state index in [0.717, 1.165) is 31.8 Å². The highest BCUT2D eigenvalue weighted by molar-refractivity contribution is 8.00. The second-order valence-electron chi connectivity index (χ2n) is 27.6. The van der Waals surface area contributed by atoms with Gasteiger partial charge in [0, 0.05) is 37.3 Å². The quantitative estimate of drug-likeness (QED) is 0.0245. The first kappa shape index (κ1) is 90.2. The van der Waals surface area contributed by atoms with Crippen molar-refractivity contribution in [2.24, 2.45) is 0 Å². The molecule has 2 atom stereocenters. The first-order chi connectivity index (χ1) is 55.0. The fourth-order valence-electron chi connectivity index (χ4n) is 13.2. The van der Waals surface area contributed by atoms with E-state index in [1.807, 2.05) is 182 Å². The monoisotopic (exact) mass is 1640 g/mol. The van der Waals surface area contributed by atoms with E-state index in [4.69, 9.17) is 20.3 Å². The summed E-state index contributed by atoms with van der Waals surface area (Å²) in [4.78, 5) is 8.53. The smallest absolute Gasteiger partial charge is 0.309 e. The summed E-state index contributed by atoms with van der Waals surface area (Å²) in [5.41, 5.74) is 0.706. The van der Waals surface area contributed by atoms with Crippen LogP contribution in [0.15, 0.2) is 356 Å². The van der Waals surface area contributed by atoms with Crippen molar-refractivity contribution in [1.82, 2.24) is 0 Å². The number of hydrogen-bond donors (Lipinski definition) is 1. The molecule has 2 unspecified atom stereocenters. The van der Waals surface area contributed by atoms with E-state index in [-0.39, 0.29) is 15.8 Å². The van der Waals surface area contributed by atoms with Crippen LogP contribution in [0.3, 0.4) is 0 Å². The van der Waals surface area contributed by atoms with Crippen LogP contribution in [0.1, 0.15) is 136 Å². The zero-order valence-electron chi connectivity index (χ0n) is 65.7. The minimum absolute atomic E-state index is 0.348. The molecule has 0 aliphatic carbocycles. The summed E-state index contributed by atoms with van der Waals surface area (Å²) in [6, 6.07) is 115. The lowest BCUT2D eigenvalue weighted by Crippen LogP contribution is -2.24. The molecule has 6 nitrogen and oxygen atoms in total. The highest BCUT2D eigenvalue weighted by Gasteiger charge is 2.29. The fourth-order valence-corrected chi connectivity index (χ4v) is 27.5. The Bertz CT molecular complexity index is 4460. The van der Waals surface area contributed by atoms with Gasteiger partial charge in [-0.1, -0.05) is 439 Å². The molecule has 12 aromatic carbocycles. The van der Waals surface area contributed by atoms with Gasteiger partial charge in [0.15, 0.2) is 12.7 Å². The summed E-state index contributed by atoms with van der Waals surface area (Å²) < 4.78 is 53.7. The summed E-state index contributed by atoms with van der Waals surface area (Å²) in [6.45, 7) is 4.03. The molecule has 0 spiro atoms. The number of para-hydroxylation sites is 1. The van der Waals surface area contributed by atoms with E-state index in [0.29, 0.717) is 29.4 Å². The van der Waals surface area contributed by atoms with Gasteiger partial charge in [-0.15, -0.1) is 7.92 Å². The SMILES string of the molecule is CCCCCCCCP(CCCCCCCC)CCCCCCCC.O=P(Cl)(c1ccccc1)c1ccccc1.O=P(c1ccccc1)(c1ccccc1)c1ccccc1.O=[P+](O)c1ccccc1.O=[p+]1oc2ccccc2c2ccccc21.c1ccc(P(CCP(c2ccccc2)c2ccccc2)c2ccccc2)cc1. The van der Waals surface area contributed by atoms with Gasteiger partial charge >= 0.3 is 15.7 Å². The third kappa shape index (κ3) is 30.8. The molecule has 582 valence electrons. The van der Waals surface area contributed by atoms with Crippen LogP contribution in [0, 0.1) is 0 Å². The first-order valence-electron chi connectivity index (χ1n) is 40.2. The van der Waals surface area contributed by atoms with Crippen molar-refractivity contribution in [3.8, 4) is 0 Å². The van der Waals surface area contributed by atoms with Crippen molar-refractivity contribution in [3.63, 3.8) is 0 Å². The van der Waals surface area contributed by atoms with Crippen molar-refractivity contribution < 1.29 is 27.4 Å². The summed E-state index contributed by atoms with van der Waals surface area (Å²) in [5, 5.41) is 13.2. The topological polar surface area (TPSA) is 102 Å². The van der Waals surface area contributed by atoms with E-state index >= 15 is 0 Å². The lowest BCUT2D eigenvalue weighted by molar-refractivity contribution is 0.513. The van der Waals surface area contributed by atoms with E-state index in [1.54, 1.807) is 67.0 Å². The van der Waals surface area contributed by atoms with Crippen LogP contribution in [-0.4, -0.2) is 35.7 Å². The molecule has 0 saturated heterocycles. The number of rotatable bonds is 34. The molecule has 112 heavy (non-hydrogen) atoms. The predicted octanol–water partition coefficient (Wildman–Crippen LogP) is 26.7. The number of fused-ring (bicyclic) bond motifs is 3. The molecule has 0 fully saturated rings. The van der Waals surface area contributed by atoms with E-state index < -0.39 is 29.3 Å². The first-order valence-corrected chi connectivity index (χ1v) is 51.8. The van der Waals surface area contributed by atoms with Gasteiger partial charge in [-0.2, -0.15) is 4.89 Å². The molecule has 1 heterocycles. The molecule has 0 saturated carbocycles. The zero-order valence-corrected chi connectivity index (χ0v) is 72.8. The Morgan fingerprint density at radius 3 is 0.893 bits per heavy atom. The highest BCUT2D eigenvalue weighted by atomic mass is 35.7. The number of benzene rings is 12. The van der Waals surface area contributed by atoms with Crippen molar-refractivity contribution in [1.29, 1.82) is 0 Å². The van der Waals surface area contributed by atoms with Crippen LogP contribution < -0.4 is 53.0 Å². The van der Waals surface area contributed by atoms with Gasteiger partial charge in [-0.3, -0.25) is 4.57 Å². The third-order valence-electron chi connectivity index (χ3n) is 19.3. The van der Waals surface area contributed by atoms with Crippen LogP contribution in [0.5, 0.6) is 0 Å². The molecule has 0 amide bonds. The standard InChI is InChI=1S/C26H24P2.C24H51P.C18H15OP.C12H10ClOP.C12H8O2P.C6H5O2P/c1-5-13-23(14-6-1)27(24-15-7-2-8-16-24)21-22-28(25-17-9-3-10-18-25)26-19-11-4-12-20-26;1-4-7-10-13-16-19-22-25(23-20-17-14-11-8-5-2)24-21-18-15-12-9-6-3;19-20(16-10-4-1-5-11-16,17-12-6-2-7-13-17)18-14-8-3-9-15-18;13-15(14,11-7-3-1-4-8-11)12-9-5-2-6-10-12;13-15-12-8-4-2-6-10(12)9-5-1-3-7-11(9)14-15;7-9(8)6-4-2-1-3-5-6/h1-20H,21-22H2;4-24H2,1-3H3;1-15H;1-10H;1-8H;1-5H/q;;;;+1;/p+1. The van der Waals surface area contributed by atoms with Crippen molar-refractivity contribution >= 4 is 139 Å². The van der Waals surface area contributed by atoms with Crippen LogP contribution in [0.2, 0.25) is 0 Å². The Hall–Kier alpha value is -7.36. The fraction of sp³-hybridized carbons (Fsp3) is 0.265. The normalized spacial score (nSPS) is 11.4. The molecular weight excluding hydrogens is 1530 g/mol. The highest BCUT2D eigenvalue weighted by Crippen LogP contribution is 2.49. The van der Waals surface area contributed by atoms with Crippen LogP contribution in [0.4, 0.5) is 0 Å². The van der Waals surface area contributed by atoms with Gasteiger partial charge in [-0.05, 0) is 138 Å². The van der Waals surface area contributed by atoms with Gasteiger partial charge in [0.1, 0.15) is 0 Å². The van der Waals surface area contributed by atoms with Gasteiger partial charge in [0.2, 0.25) is 16.9 Å². The molecule has 0 radical (unpaired) electrons. The lowest BCUT2D eigenvalue weighted by atomic mass is 10.1. The lowest BCUT2D eigenvalue weighted by Gasteiger charge is -2.24. The number of unbranched alkanes of at least 4 members (excludes halogenated alkanes) is 15. The summed E-state index contributed by atoms with van der Waals surface area (Å²) in [5.74, 6) is 0. The van der Waals surface area contributed by atoms with Crippen molar-refractivity contribution in [3.05, 3.63) is 352 Å². The Morgan fingerprint density at radius 2 is 0.580 bits per heavy atom. The van der Waals surface area contributed by atoms with Crippen molar-refractivity contribution in [2.45, 2.75) is 136 Å². The second-order valence-corrected chi connectivity index (χ2v) is 43.5. The van der Waals surface area contributed by atoms with Crippen LogP contribution >= 0.6 is 64.3 Å². The average molecular weight is 1640 g/mol. The molecule has 14 heteroatoms. The third-order valence-corrected chi connectivity index (χ3v) is 35.6. The largest absolute Gasteiger partial charge is 0.597 e. The molecule has 1 N–H and O–H groups in total. The molecule has 0 aliphatic heterocycles. The number of hydrogen-bond acceptors (Lipinski definition) is 5. The Labute approximate surface area is 680 Å². The second kappa shape index (κ2) is 52.9. The van der Waals surface area contributed by atoms with E-state index in [2.05, 4.69) is 142 Å². The summed E-state index contributed by atoms with van der Waals surface area (Å²) >= 11 is 6.14. The Morgan fingerprint density at radius 1 is 0.321 bits per heavy atom. The Kier molecular flexibility index (Phi) is 42.6. The van der Waals surface area contributed by atoms with Gasteiger partial charge in [0.05, 0.1) is 0 Å². The molecule has 1 aromatic heterocycles. The molecule has 0 aliphatic rings. The van der Waals surface area contributed by atoms with Crippen LogP contribution in [-0.2, 0) is 18.3 Å². The molecule has 13 aromatic rings. The minimum Gasteiger partial charge on any atom is -0.309 e. The molecule has 13 rings (SSSR count). The van der Waals surface area contributed by atoms with E-state index in [9.17, 15) is 18.3 Å². The average Bonchev–Trinajstić information content (AvgIpc) is 0.766. The molecular formula is C98H114ClO6P7+2. The van der Waals surface area contributed by atoms with E-state index in [1.165, 1.54) is 149 Å². The zero-order chi connectivity index (χ0) is 79.0. The predicted molar refractivity (Wildman–Crippen MR) is 498 cm³/mol. The minimum atomic E-state index is -2.93. The maximum Gasteiger partial charge on any atom is 0.597 e. The van der Waals surface area contributed by atoms with Gasteiger partial charge < -0.3 is 4.57 Å². The molecule has 0 bridgehead atoms. The summed E-state index contributed by atoms with van der Waals surface area (Å²) in [6.07, 6.45) is 33.7. The maximum atomic E-state index is 13.8. The van der Waals surface area contributed by atoms with Crippen LogP contribution in [0.25, 0.3) is 21.5 Å². The maximum absolute atomic E-state index is 13.8. The Balaban J connectivity index is 0.000000173. The summed E-state index contributed by atoms with van der Waals surface area (Å²) in [7, 11) is -7.00. The van der Waals surface area contributed by atoms with Crippen molar-refractivity contribution in [2.75, 3.05) is 30.8 Å². The van der Waals surface area contributed by atoms with Gasteiger partial charge in [-0.25, -0.2) is 4.20 Å². The number of halogens is 1. The van der Waals surface area contributed by atoms with Gasteiger partial charge in [0.25, 0.3) is 0 Å².